The molecule has 2 aromatic carbocycles. The van der Waals surface area contributed by atoms with Gasteiger partial charge in [0.2, 0.25) is 5.89 Å². The average Bonchev–Trinajstić information content (AvgIpc) is 3.16. The molecule has 0 aliphatic rings. The van der Waals surface area contributed by atoms with Crippen molar-refractivity contribution in [3.05, 3.63) is 58.9 Å². The molecule has 7 nitrogen and oxygen atoms in total. The van der Waals surface area contributed by atoms with E-state index < -0.39 is 5.97 Å². The zero-order valence-electron chi connectivity index (χ0n) is 14.8. The Bertz CT molecular complexity index is 924. The van der Waals surface area contributed by atoms with Crippen LogP contribution < -0.4 is 9.47 Å². The Labute approximate surface area is 160 Å². The van der Waals surface area contributed by atoms with E-state index in [0.29, 0.717) is 34.6 Å². The first-order chi connectivity index (χ1) is 13.1. The van der Waals surface area contributed by atoms with Crippen molar-refractivity contribution in [3.8, 4) is 23.0 Å². The molecule has 1 aromatic heterocycles. The predicted molar refractivity (Wildman–Crippen MR) is 98.0 cm³/mol. The lowest BCUT2D eigenvalue weighted by Crippen LogP contribution is -2.06. The molecule has 0 fully saturated rings. The molecule has 8 heteroatoms. The number of nitrogens with zero attached hydrogens (tertiary/aromatic N) is 2. The number of ether oxygens (including phenoxy) is 3. The Balaban J connectivity index is 1.65. The summed E-state index contributed by atoms with van der Waals surface area (Å²) in [5, 5.41) is 8.43. The van der Waals surface area contributed by atoms with Crippen molar-refractivity contribution < 1.29 is 23.4 Å². The highest BCUT2D eigenvalue weighted by molar-refractivity contribution is 6.30. The van der Waals surface area contributed by atoms with E-state index in [-0.39, 0.29) is 12.5 Å². The minimum Gasteiger partial charge on any atom is -0.493 e. The van der Waals surface area contributed by atoms with Crippen molar-refractivity contribution in [2.45, 2.75) is 13.5 Å². The highest BCUT2D eigenvalue weighted by Crippen LogP contribution is 2.28. The lowest BCUT2D eigenvalue weighted by Gasteiger charge is -2.10. The minimum absolute atomic E-state index is 0.144. The Morgan fingerprint density at radius 3 is 2.59 bits per heavy atom. The van der Waals surface area contributed by atoms with Crippen LogP contribution in [0.3, 0.4) is 0 Å². The van der Waals surface area contributed by atoms with E-state index in [1.165, 1.54) is 7.11 Å². The summed E-state index contributed by atoms with van der Waals surface area (Å²) in [5.41, 5.74) is 1.05. The maximum absolute atomic E-state index is 12.2. The third-order valence-electron chi connectivity index (χ3n) is 3.58. The SMILES string of the molecule is CCOc1ccc(C(=O)OCc2nnc(-c3ccc(Cl)cc3)o2)cc1OC. The number of esters is 1. The largest absolute Gasteiger partial charge is 0.493 e. The molecule has 0 amide bonds. The molecule has 0 saturated carbocycles. The van der Waals surface area contributed by atoms with Gasteiger partial charge in [-0.2, -0.15) is 0 Å². The van der Waals surface area contributed by atoms with Crippen LogP contribution in [-0.2, 0) is 11.3 Å². The standard InChI is InChI=1S/C19H17ClN2O5/c1-3-25-15-9-6-13(10-16(15)24-2)19(23)26-11-17-21-22-18(27-17)12-4-7-14(20)8-5-12/h4-10H,3,11H2,1-2H3. The van der Waals surface area contributed by atoms with E-state index in [0.717, 1.165) is 5.56 Å². The van der Waals surface area contributed by atoms with Gasteiger partial charge >= 0.3 is 5.97 Å². The second-order valence-electron chi connectivity index (χ2n) is 5.38. The Hall–Kier alpha value is -3.06. The van der Waals surface area contributed by atoms with Gasteiger partial charge in [-0.05, 0) is 49.4 Å². The number of carbonyl (C=O) groups is 1. The van der Waals surface area contributed by atoms with Gasteiger partial charge in [0.05, 0.1) is 19.3 Å². The third-order valence-corrected chi connectivity index (χ3v) is 3.84. The Morgan fingerprint density at radius 2 is 1.89 bits per heavy atom. The number of hydrogen-bond acceptors (Lipinski definition) is 7. The molecule has 0 unspecified atom stereocenters. The van der Waals surface area contributed by atoms with E-state index in [4.69, 9.17) is 30.2 Å². The average molecular weight is 389 g/mol. The lowest BCUT2D eigenvalue weighted by molar-refractivity contribution is 0.0438. The second kappa shape index (κ2) is 8.55. The van der Waals surface area contributed by atoms with Crippen LogP contribution in [0.15, 0.2) is 46.9 Å². The van der Waals surface area contributed by atoms with Crippen LogP contribution in [0.4, 0.5) is 0 Å². The molecule has 0 aliphatic heterocycles. The molecular weight excluding hydrogens is 372 g/mol. The molecule has 1 heterocycles. The topological polar surface area (TPSA) is 83.7 Å². The summed E-state index contributed by atoms with van der Waals surface area (Å²) in [5.74, 6) is 0.976. The van der Waals surface area contributed by atoms with Gasteiger partial charge in [0.15, 0.2) is 18.1 Å². The van der Waals surface area contributed by atoms with Gasteiger partial charge in [0.25, 0.3) is 5.89 Å². The first kappa shape index (κ1) is 18.7. The Morgan fingerprint density at radius 1 is 1.11 bits per heavy atom. The fourth-order valence-corrected chi connectivity index (χ4v) is 2.43. The van der Waals surface area contributed by atoms with Crippen LogP contribution in [0, 0.1) is 0 Å². The zero-order valence-corrected chi connectivity index (χ0v) is 15.5. The summed E-state index contributed by atoms with van der Waals surface area (Å²) >= 11 is 5.86. The third kappa shape index (κ3) is 4.57. The monoisotopic (exact) mass is 388 g/mol. The van der Waals surface area contributed by atoms with Gasteiger partial charge in [-0.1, -0.05) is 11.6 Å². The molecule has 0 spiro atoms. The summed E-state index contributed by atoms with van der Waals surface area (Å²) in [6.07, 6.45) is 0. The summed E-state index contributed by atoms with van der Waals surface area (Å²) in [7, 11) is 1.50. The number of halogens is 1. The molecule has 0 bridgehead atoms. The smallest absolute Gasteiger partial charge is 0.338 e. The molecule has 27 heavy (non-hydrogen) atoms. The number of benzene rings is 2. The van der Waals surface area contributed by atoms with Crippen LogP contribution in [-0.4, -0.2) is 29.9 Å². The normalized spacial score (nSPS) is 10.5. The number of rotatable bonds is 7. The van der Waals surface area contributed by atoms with Gasteiger partial charge < -0.3 is 18.6 Å². The quantitative estimate of drug-likeness (QED) is 0.562. The van der Waals surface area contributed by atoms with Crippen LogP contribution >= 0.6 is 11.6 Å². The first-order valence-corrected chi connectivity index (χ1v) is 8.54. The summed E-state index contributed by atoms with van der Waals surface area (Å²) in [6, 6.07) is 11.8. The van der Waals surface area contributed by atoms with Crippen molar-refractivity contribution in [2.75, 3.05) is 13.7 Å². The maximum atomic E-state index is 12.2. The highest BCUT2D eigenvalue weighted by atomic mass is 35.5. The molecule has 0 N–H and O–H groups in total. The molecule has 0 radical (unpaired) electrons. The van der Waals surface area contributed by atoms with Crippen molar-refractivity contribution in [1.29, 1.82) is 0 Å². The highest BCUT2D eigenvalue weighted by Gasteiger charge is 2.15. The van der Waals surface area contributed by atoms with Gasteiger partial charge in [0.1, 0.15) is 0 Å². The second-order valence-corrected chi connectivity index (χ2v) is 5.82. The Kier molecular flexibility index (Phi) is 5.93. The molecule has 0 aliphatic carbocycles. The predicted octanol–water partition coefficient (Wildman–Crippen LogP) is 4.15. The summed E-state index contributed by atoms with van der Waals surface area (Å²) in [4.78, 5) is 12.2. The van der Waals surface area contributed by atoms with E-state index in [2.05, 4.69) is 10.2 Å². The van der Waals surface area contributed by atoms with Crippen LogP contribution in [0.25, 0.3) is 11.5 Å². The lowest BCUT2D eigenvalue weighted by atomic mass is 10.2. The van der Waals surface area contributed by atoms with Gasteiger partial charge in [0, 0.05) is 10.6 Å². The summed E-state index contributed by atoms with van der Waals surface area (Å²) in [6.45, 7) is 2.21. The fraction of sp³-hybridized carbons (Fsp3) is 0.211. The van der Waals surface area contributed by atoms with Crippen LogP contribution in [0.5, 0.6) is 11.5 Å². The van der Waals surface area contributed by atoms with Gasteiger partial charge in [-0.15, -0.1) is 10.2 Å². The fourth-order valence-electron chi connectivity index (χ4n) is 2.30. The number of carbonyl (C=O) groups excluding carboxylic acids is 1. The van der Waals surface area contributed by atoms with Gasteiger partial charge in [-0.3, -0.25) is 0 Å². The van der Waals surface area contributed by atoms with Gasteiger partial charge in [-0.25, -0.2) is 4.79 Å². The maximum Gasteiger partial charge on any atom is 0.338 e. The molecule has 0 saturated heterocycles. The van der Waals surface area contributed by atoms with Crippen molar-refractivity contribution in [3.63, 3.8) is 0 Å². The number of methoxy groups -OCH3 is 1. The van der Waals surface area contributed by atoms with E-state index in [1.54, 1.807) is 42.5 Å². The van der Waals surface area contributed by atoms with Crippen molar-refractivity contribution in [1.82, 2.24) is 10.2 Å². The van der Waals surface area contributed by atoms with Crippen molar-refractivity contribution in [2.24, 2.45) is 0 Å². The minimum atomic E-state index is -0.539. The molecule has 0 atom stereocenters. The van der Waals surface area contributed by atoms with Crippen LogP contribution in [0.1, 0.15) is 23.2 Å². The summed E-state index contributed by atoms with van der Waals surface area (Å²) < 4.78 is 21.4. The molecular formula is C19H17ClN2O5. The van der Waals surface area contributed by atoms with Crippen LogP contribution in [0.2, 0.25) is 5.02 Å². The first-order valence-electron chi connectivity index (χ1n) is 8.17. The van der Waals surface area contributed by atoms with E-state index in [1.807, 2.05) is 6.92 Å². The number of aromatic nitrogens is 2. The molecule has 3 rings (SSSR count). The van der Waals surface area contributed by atoms with E-state index >= 15 is 0 Å². The van der Waals surface area contributed by atoms with Crippen molar-refractivity contribution >= 4 is 17.6 Å². The number of hydrogen-bond donors (Lipinski definition) is 0. The van der Waals surface area contributed by atoms with E-state index in [9.17, 15) is 4.79 Å². The molecule has 3 aromatic rings. The zero-order chi connectivity index (χ0) is 19.2. The molecule has 140 valence electrons.